The summed E-state index contributed by atoms with van der Waals surface area (Å²) in [5, 5.41) is 19.4. The Kier molecular flexibility index (Phi) is 7.98. The zero-order valence-electron chi connectivity index (χ0n) is 18.4. The molecule has 0 aromatic heterocycles. The molecule has 2 nitrogen and oxygen atoms in total. The van der Waals surface area contributed by atoms with E-state index in [9.17, 15) is 10.2 Å². The summed E-state index contributed by atoms with van der Waals surface area (Å²) < 4.78 is 0. The summed E-state index contributed by atoms with van der Waals surface area (Å²) in [7, 11) is 0. The lowest BCUT2D eigenvalue weighted by atomic mass is 9.67. The Morgan fingerprint density at radius 3 is 2.54 bits per heavy atom. The number of aromatic hydroxyl groups is 2. The molecule has 0 saturated heterocycles. The summed E-state index contributed by atoms with van der Waals surface area (Å²) in [6, 6.07) is 4.69. The fourth-order valence-corrected chi connectivity index (χ4v) is 4.37. The van der Waals surface area contributed by atoms with Gasteiger partial charge in [-0.3, -0.25) is 0 Å². The highest BCUT2D eigenvalue weighted by Gasteiger charge is 2.32. The number of rotatable bonds is 8. The average molecular weight is 383 g/mol. The van der Waals surface area contributed by atoms with Crippen molar-refractivity contribution in [2.24, 2.45) is 11.3 Å². The largest absolute Gasteiger partial charge is 0.508 e. The molecular weight excluding hydrogens is 344 g/mol. The van der Waals surface area contributed by atoms with Gasteiger partial charge in [0.25, 0.3) is 0 Å². The fourth-order valence-electron chi connectivity index (χ4n) is 4.37. The molecule has 1 aromatic carbocycles. The monoisotopic (exact) mass is 382 g/mol. The number of allylic oxidation sites excluding steroid dienone is 6. The van der Waals surface area contributed by atoms with Gasteiger partial charge in [0, 0.05) is 5.56 Å². The summed E-state index contributed by atoms with van der Waals surface area (Å²) in [6.45, 7) is 11.6. The van der Waals surface area contributed by atoms with E-state index >= 15 is 0 Å². The van der Waals surface area contributed by atoms with E-state index < -0.39 is 0 Å². The second-order valence-electron chi connectivity index (χ2n) is 9.22. The van der Waals surface area contributed by atoms with Gasteiger partial charge >= 0.3 is 0 Å². The Morgan fingerprint density at radius 1 is 1.11 bits per heavy atom. The normalized spacial score (nSPS) is 20.2. The molecule has 1 aromatic rings. The van der Waals surface area contributed by atoms with Crippen LogP contribution in [0.3, 0.4) is 0 Å². The van der Waals surface area contributed by atoms with Crippen LogP contribution in [0.2, 0.25) is 0 Å². The lowest BCUT2D eigenvalue weighted by molar-refractivity contribution is 0.204. The topological polar surface area (TPSA) is 40.5 Å². The first-order chi connectivity index (χ1) is 13.2. The second-order valence-corrected chi connectivity index (χ2v) is 9.22. The van der Waals surface area contributed by atoms with Crippen LogP contribution in [0.1, 0.15) is 78.7 Å². The number of phenols is 2. The molecule has 0 saturated carbocycles. The molecule has 154 valence electrons. The van der Waals surface area contributed by atoms with Gasteiger partial charge in [-0.1, -0.05) is 48.8 Å². The van der Waals surface area contributed by atoms with Crippen molar-refractivity contribution in [3.05, 3.63) is 58.7 Å². The molecule has 0 spiro atoms. The van der Waals surface area contributed by atoms with Crippen LogP contribution in [0.4, 0.5) is 0 Å². The highest BCUT2D eigenvalue weighted by molar-refractivity contribution is 5.39. The lowest BCUT2D eigenvalue weighted by Crippen LogP contribution is -2.27. The van der Waals surface area contributed by atoms with Crippen LogP contribution < -0.4 is 0 Å². The Morgan fingerprint density at radius 2 is 1.82 bits per heavy atom. The predicted molar refractivity (Wildman–Crippen MR) is 120 cm³/mol. The van der Waals surface area contributed by atoms with Gasteiger partial charge in [-0.05, 0) is 95.2 Å². The Labute approximate surface area is 171 Å². The number of hydrogen-bond donors (Lipinski definition) is 2. The number of phenolic OH excluding ortho intramolecular Hbond substituents is 2. The smallest absolute Gasteiger partial charge is 0.119 e. The van der Waals surface area contributed by atoms with Crippen molar-refractivity contribution in [1.82, 2.24) is 0 Å². The molecule has 0 aliphatic heterocycles. The van der Waals surface area contributed by atoms with E-state index in [-0.39, 0.29) is 11.5 Å². The van der Waals surface area contributed by atoms with Gasteiger partial charge < -0.3 is 10.2 Å². The fraction of sp³-hybridized carbons (Fsp3) is 0.538. The van der Waals surface area contributed by atoms with Crippen molar-refractivity contribution in [3.8, 4) is 11.5 Å². The van der Waals surface area contributed by atoms with Crippen LogP contribution in [0.15, 0.2) is 53.1 Å². The minimum Gasteiger partial charge on any atom is -0.508 e. The molecule has 0 radical (unpaired) electrons. The van der Waals surface area contributed by atoms with E-state index in [2.05, 4.69) is 52.8 Å². The summed E-state index contributed by atoms with van der Waals surface area (Å²) in [6.07, 6.45) is 14.7. The van der Waals surface area contributed by atoms with Gasteiger partial charge in [-0.2, -0.15) is 0 Å². The molecule has 1 atom stereocenters. The van der Waals surface area contributed by atoms with E-state index in [1.807, 2.05) is 0 Å². The van der Waals surface area contributed by atoms with Crippen LogP contribution in [-0.4, -0.2) is 10.2 Å². The van der Waals surface area contributed by atoms with Crippen LogP contribution in [-0.2, 0) is 6.42 Å². The third kappa shape index (κ3) is 6.58. The maximum Gasteiger partial charge on any atom is 0.119 e. The van der Waals surface area contributed by atoms with Crippen LogP contribution >= 0.6 is 0 Å². The molecule has 1 unspecified atom stereocenters. The van der Waals surface area contributed by atoms with Crippen LogP contribution in [0, 0.1) is 11.3 Å². The lowest BCUT2D eigenvalue weighted by Gasteiger charge is -2.38. The highest BCUT2D eigenvalue weighted by atomic mass is 16.3. The molecule has 0 amide bonds. The molecule has 28 heavy (non-hydrogen) atoms. The van der Waals surface area contributed by atoms with Crippen LogP contribution in [0.25, 0.3) is 0 Å². The van der Waals surface area contributed by atoms with Crippen molar-refractivity contribution in [2.75, 3.05) is 0 Å². The average Bonchev–Trinajstić information content (AvgIpc) is 2.61. The second kappa shape index (κ2) is 10.0. The summed E-state index contributed by atoms with van der Waals surface area (Å²) in [4.78, 5) is 0. The van der Waals surface area contributed by atoms with Crippen molar-refractivity contribution >= 4 is 0 Å². The molecular formula is C26H38O2. The van der Waals surface area contributed by atoms with Crippen LogP contribution in [0.5, 0.6) is 11.5 Å². The highest BCUT2D eigenvalue weighted by Crippen LogP contribution is 2.43. The molecule has 1 aliphatic rings. The van der Waals surface area contributed by atoms with Gasteiger partial charge in [-0.25, -0.2) is 0 Å². The molecule has 2 N–H and O–H groups in total. The minimum atomic E-state index is 0.198. The quantitative estimate of drug-likeness (QED) is 0.361. The standard InChI is InChI=1S/C26H38O2/c1-19(11-13-22-18-23(27)14-16-25(22)28)8-6-9-20(2)12-15-24-21(3)10-7-17-26(24,4)5/h9-11,14,16,18,24,27-28H,6-8,12-13,15,17H2,1-5H3/b19-11+,20-9+. The molecule has 1 aliphatic carbocycles. The van der Waals surface area contributed by atoms with Gasteiger partial charge in [0.1, 0.15) is 11.5 Å². The maximum atomic E-state index is 9.86. The molecule has 2 heteroatoms. The minimum absolute atomic E-state index is 0.198. The third-order valence-electron chi connectivity index (χ3n) is 6.34. The van der Waals surface area contributed by atoms with E-state index in [0.717, 1.165) is 18.4 Å². The van der Waals surface area contributed by atoms with Gasteiger partial charge in [-0.15, -0.1) is 0 Å². The maximum absolute atomic E-state index is 9.86. The van der Waals surface area contributed by atoms with Crippen molar-refractivity contribution in [2.45, 2.75) is 79.6 Å². The van der Waals surface area contributed by atoms with Gasteiger partial charge in [0.15, 0.2) is 0 Å². The summed E-state index contributed by atoms with van der Waals surface area (Å²) in [5.74, 6) is 1.15. The third-order valence-corrected chi connectivity index (χ3v) is 6.34. The van der Waals surface area contributed by atoms with Crippen molar-refractivity contribution < 1.29 is 10.2 Å². The molecule has 0 fully saturated rings. The number of benzene rings is 1. The van der Waals surface area contributed by atoms with E-state index in [1.54, 1.807) is 17.7 Å². The van der Waals surface area contributed by atoms with E-state index in [4.69, 9.17) is 0 Å². The molecule has 0 heterocycles. The first-order valence-corrected chi connectivity index (χ1v) is 10.7. The van der Waals surface area contributed by atoms with E-state index in [0.29, 0.717) is 17.8 Å². The first kappa shape index (κ1) is 22.3. The Bertz CT molecular complexity index is 750. The Hall–Kier alpha value is -1.96. The predicted octanol–water partition coefficient (Wildman–Crippen LogP) is 7.48. The Balaban J connectivity index is 1.80. The van der Waals surface area contributed by atoms with Gasteiger partial charge in [0.2, 0.25) is 0 Å². The van der Waals surface area contributed by atoms with Gasteiger partial charge in [0.05, 0.1) is 0 Å². The first-order valence-electron chi connectivity index (χ1n) is 10.7. The molecule has 0 bridgehead atoms. The summed E-state index contributed by atoms with van der Waals surface area (Å²) in [5.41, 5.74) is 5.59. The summed E-state index contributed by atoms with van der Waals surface area (Å²) >= 11 is 0. The number of hydrogen-bond acceptors (Lipinski definition) is 2. The molecule has 2 rings (SSSR count). The zero-order chi connectivity index (χ0) is 20.7. The van der Waals surface area contributed by atoms with Crippen molar-refractivity contribution in [1.29, 1.82) is 0 Å². The van der Waals surface area contributed by atoms with Crippen molar-refractivity contribution in [3.63, 3.8) is 0 Å². The SMILES string of the molecule is CC1=CCCC(C)(C)C1CC/C(C)=C/CC/C(C)=C/Cc1cc(O)ccc1O. The zero-order valence-corrected chi connectivity index (χ0v) is 18.4. The van der Waals surface area contributed by atoms with E-state index in [1.165, 1.54) is 42.9 Å².